The molecule has 0 spiro atoms. The molecule has 96 valence electrons. The Balaban J connectivity index is 1.64. The molecule has 1 aromatic rings. The van der Waals surface area contributed by atoms with Gasteiger partial charge in [-0.05, 0) is 49.1 Å². The van der Waals surface area contributed by atoms with E-state index in [9.17, 15) is 14.3 Å². The summed E-state index contributed by atoms with van der Waals surface area (Å²) in [7, 11) is 0. The summed E-state index contributed by atoms with van der Waals surface area (Å²) in [4.78, 5) is 11.9. The van der Waals surface area contributed by atoms with Crippen LogP contribution in [0.4, 0.5) is 4.39 Å². The summed E-state index contributed by atoms with van der Waals surface area (Å²) >= 11 is 0. The number of hydrogen-bond acceptors (Lipinski definition) is 2. The van der Waals surface area contributed by atoms with Crippen molar-refractivity contribution in [3.05, 3.63) is 29.6 Å². The molecule has 0 radical (unpaired) electrons. The quantitative estimate of drug-likeness (QED) is 0.861. The van der Waals surface area contributed by atoms with Crippen LogP contribution in [0.25, 0.3) is 0 Å². The van der Waals surface area contributed by atoms with Crippen LogP contribution in [0.1, 0.15) is 36.0 Å². The summed E-state index contributed by atoms with van der Waals surface area (Å²) in [5, 5.41) is 12.4. The maximum atomic E-state index is 12.8. The van der Waals surface area contributed by atoms with Crippen molar-refractivity contribution < 1.29 is 14.3 Å². The van der Waals surface area contributed by atoms with Gasteiger partial charge in [-0.15, -0.1) is 0 Å². The minimum absolute atomic E-state index is 0.142. The third-order valence-electron chi connectivity index (χ3n) is 4.14. The first kappa shape index (κ1) is 11.5. The molecular weight excluding hydrogens is 233 g/mol. The second-order valence-electron chi connectivity index (χ2n) is 5.48. The molecule has 0 saturated heterocycles. The van der Waals surface area contributed by atoms with Crippen LogP contribution in [0.15, 0.2) is 18.2 Å². The Bertz CT molecular complexity index is 493. The van der Waals surface area contributed by atoms with Gasteiger partial charge < -0.3 is 10.4 Å². The topological polar surface area (TPSA) is 49.3 Å². The molecule has 2 N–H and O–H groups in total. The van der Waals surface area contributed by atoms with Crippen LogP contribution in [0.2, 0.25) is 0 Å². The van der Waals surface area contributed by atoms with Gasteiger partial charge in [0.2, 0.25) is 0 Å². The highest BCUT2D eigenvalue weighted by Gasteiger charge is 2.53. The number of nitrogens with one attached hydrogen (secondary N) is 1. The average Bonchev–Trinajstić information content (AvgIpc) is 3.17. The second kappa shape index (κ2) is 3.97. The fraction of sp³-hybridized carbons (Fsp3) is 0.500. The van der Waals surface area contributed by atoms with E-state index in [1.807, 2.05) is 0 Å². The number of rotatable bonds is 4. The molecule has 0 heterocycles. The summed E-state index contributed by atoms with van der Waals surface area (Å²) < 4.78 is 12.8. The lowest BCUT2D eigenvalue weighted by Gasteiger charge is -2.15. The molecule has 0 atom stereocenters. The molecule has 2 fully saturated rings. The zero-order valence-electron chi connectivity index (χ0n) is 10.1. The number of carbonyl (C=O) groups excluding carboxylic acids is 1. The zero-order chi connectivity index (χ0) is 12.8. The number of halogens is 1. The van der Waals surface area contributed by atoms with Gasteiger partial charge in [0.15, 0.2) is 0 Å². The third kappa shape index (κ3) is 2.07. The molecule has 0 aromatic heterocycles. The van der Waals surface area contributed by atoms with Crippen molar-refractivity contribution in [2.45, 2.75) is 25.7 Å². The standard InChI is InChI=1S/C14H16FNO2/c15-10-3-4-11(12(17)7-10)13(18)16-8-14(5-6-14)9-1-2-9/h3-4,7,9,17H,1-2,5-6,8H2,(H,16,18). The smallest absolute Gasteiger partial charge is 0.255 e. The molecule has 4 heteroatoms. The normalized spacial score (nSPS) is 20.5. The lowest BCUT2D eigenvalue weighted by atomic mass is 10.0. The van der Waals surface area contributed by atoms with Gasteiger partial charge in [0.25, 0.3) is 5.91 Å². The van der Waals surface area contributed by atoms with Crippen molar-refractivity contribution >= 4 is 5.91 Å². The summed E-state index contributed by atoms with van der Waals surface area (Å²) in [5.74, 6) is -0.386. The van der Waals surface area contributed by atoms with Gasteiger partial charge in [0.05, 0.1) is 5.56 Å². The lowest BCUT2D eigenvalue weighted by Crippen LogP contribution is -2.31. The molecule has 2 saturated carbocycles. The molecule has 0 bridgehead atoms. The second-order valence-corrected chi connectivity index (χ2v) is 5.48. The number of carbonyl (C=O) groups is 1. The summed E-state index contributed by atoms with van der Waals surface area (Å²) in [6.45, 7) is 0.674. The molecule has 0 aliphatic heterocycles. The van der Waals surface area contributed by atoms with Gasteiger partial charge in [-0.2, -0.15) is 0 Å². The summed E-state index contributed by atoms with van der Waals surface area (Å²) in [6, 6.07) is 3.46. The van der Waals surface area contributed by atoms with Crippen LogP contribution in [0.3, 0.4) is 0 Å². The molecule has 1 amide bonds. The van der Waals surface area contributed by atoms with Gasteiger partial charge in [0, 0.05) is 12.6 Å². The Morgan fingerprint density at radius 2 is 2.17 bits per heavy atom. The monoisotopic (exact) mass is 249 g/mol. The molecule has 3 rings (SSSR count). The Kier molecular flexibility index (Phi) is 2.54. The predicted molar refractivity (Wildman–Crippen MR) is 64.8 cm³/mol. The first-order valence-corrected chi connectivity index (χ1v) is 6.37. The van der Waals surface area contributed by atoms with Gasteiger partial charge in [-0.3, -0.25) is 4.79 Å². The van der Waals surface area contributed by atoms with E-state index in [-0.39, 0.29) is 17.2 Å². The first-order valence-electron chi connectivity index (χ1n) is 6.37. The molecule has 18 heavy (non-hydrogen) atoms. The van der Waals surface area contributed by atoms with Gasteiger partial charge in [0.1, 0.15) is 11.6 Å². The molecule has 2 aliphatic carbocycles. The van der Waals surface area contributed by atoms with E-state index in [1.54, 1.807) is 0 Å². The number of amides is 1. The minimum atomic E-state index is -0.541. The van der Waals surface area contributed by atoms with Crippen molar-refractivity contribution in [1.82, 2.24) is 5.32 Å². The van der Waals surface area contributed by atoms with Crippen molar-refractivity contribution in [2.75, 3.05) is 6.54 Å². The molecule has 1 aromatic carbocycles. The maximum Gasteiger partial charge on any atom is 0.255 e. The SMILES string of the molecule is O=C(NCC1(C2CC2)CC1)c1ccc(F)cc1O. The summed E-state index contributed by atoms with van der Waals surface area (Å²) in [5.41, 5.74) is 0.466. The van der Waals surface area contributed by atoms with Crippen molar-refractivity contribution in [2.24, 2.45) is 11.3 Å². The molecule has 2 aliphatic rings. The highest BCUT2D eigenvalue weighted by Crippen LogP contribution is 2.60. The number of phenolic OH excluding ortho intramolecular Hbond substituents is 1. The van der Waals surface area contributed by atoms with Crippen LogP contribution in [-0.4, -0.2) is 17.6 Å². The van der Waals surface area contributed by atoms with Crippen LogP contribution >= 0.6 is 0 Å². The fourth-order valence-electron chi connectivity index (χ4n) is 2.63. The zero-order valence-corrected chi connectivity index (χ0v) is 10.1. The van der Waals surface area contributed by atoms with E-state index < -0.39 is 5.82 Å². The Hall–Kier alpha value is -1.58. The number of aromatic hydroxyl groups is 1. The fourth-order valence-corrected chi connectivity index (χ4v) is 2.63. The van der Waals surface area contributed by atoms with Gasteiger partial charge >= 0.3 is 0 Å². The van der Waals surface area contributed by atoms with E-state index in [0.29, 0.717) is 12.0 Å². The third-order valence-corrected chi connectivity index (χ3v) is 4.14. The largest absolute Gasteiger partial charge is 0.507 e. The molecule has 0 unspecified atom stereocenters. The van der Waals surface area contributed by atoms with E-state index in [4.69, 9.17) is 0 Å². The van der Waals surface area contributed by atoms with Crippen molar-refractivity contribution in [3.8, 4) is 5.75 Å². The van der Waals surface area contributed by atoms with Gasteiger partial charge in [-0.25, -0.2) is 4.39 Å². The average molecular weight is 249 g/mol. The Morgan fingerprint density at radius 1 is 1.44 bits per heavy atom. The van der Waals surface area contributed by atoms with Crippen LogP contribution in [-0.2, 0) is 0 Å². The maximum absolute atomic E-state index is 12.8. The van der Waals surface area contributed by atoms with Gasteiger partial charge in [-0.1, -0.05) is 0 Å². The predicted octanol–water partition coefficient (Wildman–Crippen LogP) is 2.45. The molecular formula is C14H16FNO2. The number of phenols is 1. The van der Waals surface area contributed by atoms with E-state index >= 15 is 0 Å². The van der Waals surface area contributed by atoms with Crippen molar-refractivity contribution in [1.29, 1.82) is 0 Å². The van der Waals surface area contributed by atoms with Crippen LogP contribution < -0.4 is 5.32 Å². The number of hydrogen-bond donors (Lipinski definition) is 2. The first-order chi connectivity index (χ1) is 8.61. The van der Waals surface area contributed by atoms with E-state index in [0.717, 1.165) is 12.0 Å². The lowest BCUT2D eigenvalue weighted by molar-refractivity contribution is 0.0940. The summed E-state index contributed by atoms with van der Waals surface area (Å²) in [6.07, 6.45) is 4.93. The van der Waals surface area contributed by atoms with Crippen LogP contribution in [0.5, 0.6) is 5.75 Å². The van der Waals surface area contributed by atoms with E-state index in [1.165, 1.54) is 37.8 Å². The minimum Gasteiger partial charge on any atom is -0.507 e. The number of benzene rings is 1. The van der Waals surface area contributed by atoms with E-state index in [2.05, 4.69) is 5.32 Å². The molecule has 3 nitrogen and oxygen atoms in total. The van der Waals surface area contributed by atoms with Crippen LogP contribution in [0, 0.1) is 17.2 Å². The van der Waals surface area contributed by atoms with Crippen molar-refractivity contribution in [3.63, 3.8) is 0 Å². The Labute approximate surface area is 105 Å². The highest BCUT2D eigenvalue weighted by atomic mass is 19.1. The Morgan fingerprint density at radius 3 is 2.72 bits per heavy atom. The highest BCUT2D eigenvalue weighted by molar-refractivity contribution is 5.96.